The quantitative estimate of drug-likeness (QED) is 0.610. The zero-order chi connectivity index (χ0) is 14.3. The molecule has 7 heteroatoms. The maximum Gasteiger partial charge on any atom is 0.326 e. The Balaban J connectivity index is 2.33. The van der Waals surface area contributed by atoms with E-state index in [9.17, 15) is 14.4 Å². The molecular formula is C12H20N2O5. The van der Waals surface area contributed by atoms with Crippen LogP contribution in [0.15, 0.2) is 0 Å². The summed E-state index contributed by atoms with van der Waals surface area (Å²) in [5.74, 6) is -1.47. The molecule has 1 aliphatic rings. The Morgan fingerprint density at radius 2 is 1.95 bits per heavy atom. The number of hydrogen-bond donors (Lipinski definition) is 3. The molecule has 0 saturated heterocycles. The zero-order valence-corrected chi connectivity index (χ0v) is 11.0. The summed E-state index contributed by atoms with van der Waals surface area (Å²) in [4.78, 5) is 33.5. The van der Waals surface area contributed by atoms with Gasteiger partial charge < -0.3 is 20.5 Å². The summed E-state index contributed by atoms with van der Waals surface area (Å²) in [7, 11) is 1.17. The van der Waals surface area contributed by atoms with Crippen molar-refractivity contribution in [2.24, 2.45) is 5.92 Å². The third-order valence-corrected chi connectivity index (χ3v) is 3.23. The lowest BCUT2D eigenvalue weighted by Crippen LogP contribution is -2.47. The lowest BCUT2D eigenvalue weighted by atomic mass is 10.1. The summed E-state index contributed by atoms with van der Waals surface area (Å²) < 4.78 is 4.38. The van der Waals surface area contributed by atoms with Gasteiger partial charge in [-0.15, -0.1) is 0 Å². The van der Waals surface area contributed by atoms with Gasteiger partial charge >= 0.3 is 18.0 Å². The highest BCUT2D eigenvalue weighted by Crippen LogP contribution is 2.23. The number of nitrogens with one attached hydrogen (secondary N) is 2. The van der Waals surface area contributed by atoms with Crippen molar-refractivity contribution < 1.29 is 24.2 Å². The van der Waals surface area contributed by atoms with Crippen LogP contribution in [0.2, 0.25) is 0 Å². The fourth-order valence-corrected chi connectivity index (χ4v) is 2.11. The Hall–Kier alpha value is -1.79. The summed E-state index contributed by atoms with van der Waals surface area (Å²) in [5.41, 5.74) is 0. The molecule has 0 unspecified atom stereocenters. The number of urea groups is 1. The van der Waals surface area contributed by atoms with Crippen LogP contribution in [0.4, 0.5) is 4.79 Å². The van der Waals surface area contributed by atoms with E-state index in [1.165, 1.54) is 20.0 Å². The molecule has 0 aromatic heterocycles. The van der Waals surface area contributed by atoms with Crippen LogP contribution in [-0.2, 0) is 14.3 Å². The molecule has 0 bridgehead atoms. The second-order valence-corrected chi connectivity index (χ2v) is 4.68. The maximum atomic E-state index is 11.5. The highest BCUT2D eigenvalue weighted by atomic mass is 16.5. The van der Waals surface area contributed by atoms with Gasteiger partial charge in [0.15, 0.2) is 0 Å². The van der Waals surface area contributed by atoms with Crippen LogP contribution < -0.4 is 10.6 Å². The van der Waals surface area contributed by atoms with Gasteiger partial charge in [0.25, 0.3) is 0 Å². The molecule has 0 spiro atoms. The van der Waals surface area contributed by atoms with Gasteiger partial charge in [0, 0.05) is 6.54 Å². The van der Waals surface area contributed by atoms with Crippen LogP contribution in [0.25, 0.3) is 0 Å². The van der Waals surface area contributed by atoms with Gasteiger partial charge in [-0.3, -0.25) is 4.79 Å². The number of carboxylic acids is 1. The highest BCUT2D eigenvalue weighted by Gasteiger charge is 2.24. The summed E-state index contributed by atoms with van der Waals surface area (Å²) in [5, 5.41) is 13.8. The van der Waals surface area contributed by atoms with Gasteiger partial charge in [-0.1, -0.05) is 12.8 Å². The number of carbonyl (C=O) groups is 3. The minimum absolute atomic E-state index is 0.386. The van der Waals surface area contributed by atoms with Crippen molar-refractivity contribution in [2.45, 2.75) is 38.1 Å². The second kappa shape index (κ2) is 7.60. The smallest absolute Gasteiger partial charge is 0.326 e. The van der Waals surface area contributed by atoms with Crippen LogP contribution >= 0.6 is 0 Å². The molecular weight excluding hydrogens is 252 g/mol. The molecule has 1 rings (SSSR count). The minimum Gasteiger partial charge on any atom is -0.480 e. The molecule has 0 heterocycles. The number of aliphatic carboxylic acids is 1. The Morgan fingerprint density at radius 3 is 2.47 bits per heavy atom. The number of amides is 2. The predicted octanol–water partition coefficient (Wildman–Crippen LogP) is 0.492. The fraction of sp³-hybridized carbons (Fsp3) is 0.750. The maximum absolute atomic E-state index is 11.5. The second-order valence-electron chi connectivity index (χ2n) is 4.68. The summed E-state index contributed by atoms with van der Waals surface area (Å²) in [6.45, 7) is 0.538. The van der Waals surface area contributed by atoms with E-state index in [0.717, 1.165) is 12.8 Å². The molecule has 19 heavy (non-hydrogen) atoms. The van der Waals surface area contributed by atoms with Crippen molar-refractivity contribution in [2.75, 3.05) is 13.7 Å². The zero-order valence-electron chi connectivity index (χ0n) is 11.0. The number of carboxylic acid groups (broad SMARTS) is 1. The van der Waals surface area contributed by atoms with E-state index >= 15 is 0 Å². The third-order valence-electron chi connectivity index (χ3n) is 3.23. The van der Waals surface area contributed by atoms with E-state index in [1.54, 1.807) is 0 Å². The molecule has 1 atom stereocenters. The van der Waals surface area contributed by atoms with Crippen LogP contribution in [0.1, 0.15) is 32.1 Å². The Labute approximate surface area is 111 Å². The van der Waals surface area contributed by atoms with Crippen LogP contribution in [0.3, 0.4) is 0 Å². The first-order chi connectivity index (χ1) is 9.02. The largest absolute Gasteiger partial charge is 0.480 e. The van der Waals surface area contributed by atoms with Crippen molar-refractivity contribution >= 4 is 18.0 Å². The lowest BCUT2D eigenvalue weighted by Gasteiger charge is -2.15. The molecule has 1 aliphatic carbocycles. The normalized spacial score (nSPS) is 16.7. The van der Waals surface area contributed by atoms with Crippen LogP contribution in [0, 0.1) is 5.92 Å². The topological polar surface area (TPSA) is 105 Å². The average molecular weight is 272 g/mol. The van der Waals surface area contributed by atoms with Crippen LogP contribution in [-0.4, -0.2) is 42.8 Å². The molecule has 0 aromatic carbocycles. The summed E-state index contributed by atoms with van der Waals surface area (Å²) in [6.07, 6.45) is 4.14. The van der Waals surface area contributed by atoms with Crippen molar-refractivity contribution in [1.29, 1.82) is 0 Å². The average Bonchev–Trinajstić information content (AvgIpc) is 2.88. The van der Waals surface area contributed by atoms with Gasteiger partial charge in [-0.2, -0.15) is 0 Å². The standard InChI is InChI=1S/C12H20N2O5/c1-19-10(15)6-9(11(16)17)14-12(18)13-7-8-4-2-3-5-8/h8-9H,2-7H2,1H3,(H,16,17)(H2,13,14,18)/t9-/m0/s1. The number of ether oxygens (including phenoxy) is 1. The van der Waals surface area contributed by atoms with E-state index in [4.69, 9.17) is 5.11 Å². The molecule has 0 aliphatic heterocycles. The van der Waals surface area contributed by atoms with Gasteiger partial charge in [0.2, 0.25) is 0 Å². The molecule has 1 saturated carbocycles. The molecule has 7 nitrogen and oxygen atoms in total. The molecule has 108 valence electrons. The van der Waals surface area contributed by atoms with Gasteiger partial charge in [0.05, 0.1) is 13.5 Å². The Morgan fingerprint density at radius 1 is 1.32 bits per heavy atom. The predicted molar refractivity (Wildman–Crippen MR) is 66.5 cm³/mol. The first-order valence-corrected chi connectivity index (χ1v) is 6.37. The van der Waals surface area contributed by atoms with Crippen molar-refractivity contribution in [3.05, 3.63) is 0 Å². The summed E-state index contributed by atoms with van der Waals surface area (Å²) in [6, 6.07) is -1.83. The first kappa shape index (κ1) is 15.3. The van der Waals surface area contributed by atoms with Crippen molar-refractivity contribution in [3.63, 3.8) is 0 Å². The molecule has 0 radical (unpaired) electrons. The molecule has 1 fully saturated rings. The van der Waals surface area contributed by atoms with E-state index in [2.05, 4.69) is 15.4 Å². The lowest BCUT2D eigenvalue weighted by molar-refractivity contribution is -0.147. The van der Waals surface area contributed by atoms with Gasteiger partial charge in [0.1, 0.15) is 6.04 Å². The third kappa shape index (κ3) is 5.58. The fourth-order valence-electron chi connectivity index (χ4n) is 2.11. The van der Waals surface area contributed by atoms with Gasteiger partial charge in [-0.05, 0) is 18.8 Å². The Kier molecular flexibility index (Phi) is 6.11. The van der Waals surface area contributed by atoms with E-state index < -0.39 is 24.0 Å². The van der Waals surface area contributed by atoms with Crippen molar-refractivity contribution in [3.8, 4) is 0 Å². The molecule has 3 N–H and O–H groups in total. The SMILES string of the molecule is COC(=O)C[C@H](NC(=O)NCC1CCCC1)C(=O)O. The number of carbonyl (C=O) groups excluding carboxylic acids is 2. The Bertz CT molecular complexity index is 339. The van der Waals surface area contributed by atoms with Gasteiger partial charge in [-0.25, -0.2) is 9.59 Å². The molecule has 2 amide bonds. The van der Waals surface area contributed by atoms with E-state index in [1.807, 2.05) is 0 Å². The number of rotatable bonds is 6. The van der Waals surface area contributed by atoms with Crippen LogP contribution in [0.5, 0.6) is 0 Å². The minimum atomic E-state index is -1.27. The van der Waals surface area contributed by atoms with E-state index in [0.29, 0.717) is 12.5 Å². The van der Waals surface area contributed by atoms with E-state index in [-0.39, 0.29) is 6.42 Å². The number of hydrogen-bond acceptors (Lipinski definition) is 4. The number of methoxy groups -OCH3 is 1. The summed E-state index contributed by atoms with van der Waals surface area (Å²) >= 11 is 0. The van der Waals surface area contributed by atoms with Crippen molar-refractivity contribution in [1.82, 2.24) is 10.6 Å². The molecule has 0 aromatic rings. The number of esters is 1. The first-order valence-electron chi connectivity index (χ1n) is 6.37. The monoisotopic (exact) mass is 272 g/mol. The highest BCUT2D eigenvalue weighted by molar-refractivity contribution is 5.86.